The van der Waals surface area contributed by atoms with Crippen LogP contribution < -0.4 is 0 Å². The second-order valence-electron chi connectivity index (χ2n) is 4.15. The molecular formula is C11H17NO. The number of allylic oxidation sites excluding steroid dienone is 1. The summed E-state index contributed by atoms with van der Waals surface area (Å²) < 4.78 is 0. The van der Waals surface area contributed by atoms with E-state index in [0.29, 0.717) is 6.04 Å². The van der Waals surface area contributed by atoms with Crippen molar-refractivity contribution in [2.45, 2.75) is 44.7 Å². The van der Waals surface area contributed by atoms with Crippen LogP contribution >= 0.6 is 0 Å². The topological polar surface area (TPSA) is 20.3 Å². The van der Waals surface area contributed by atoms with Gasteiger partial charge in [0.15, 0.2) is 5.78 Å². The van der Waals surface area contributed by atoms with E-state index in [-0.39, 0.29) is 5.78 Å². The minimum Gasteiger partial charge on any atom is -0.295 e. The van der Waals surface area contributed by atoms with E-state index in [9.17, 15) is 4.79 Å². The lowest BCUT2D eigenvalue weighted by atomic mass is 10.2. The molecule has 0 unspecified atom stereocenters. The average molecular weight is 179 g/mol. The predicted molar refractivity (Wildman–Crippen MR) is 52.6 cm³/mol. The molecule has 2 rings (SSSR count). The predicted octanol–water partition coefficient (Wildman–Crippen LogP) is 1.76. The number of hydrogen-bond donors (Lipinski definition) is 0. The van der Waals surface area contributed by atoms with Crippen LogP contribution in [0, 0.1) is 0 Å². The van der Waals surface area contributed by atoms with Crippen LogP contribution in [0.3, 0.4) is 0 Å². The first-order chi connectivity index (χ1) is 6.27. The van der Waals surface area contributed by atoms with Gasteiger partial charge in [0.25, 0.3) is 0 Å². The Labute approximate surface area is 79.6 Å². The second kappa shape index (κ2) is 3.62. The van der Waals surface area contributed by atoms with Crippen LogP contribution in [-0.4, -0.2) is 29.3 Å². The lowest BCUT2D eigenvalue weighted by Crippen LogP contribution is -2.29. The molecule has 1 aliphatic carbocycles. The molecule has 72 valence electrons. The molecule has 2 aliphatic rings. The normalized spacial score (nSPS) is 30.1. The molecule has 2 nitrogen and oxygen atoms in total. The molecule has 1 atom stereocenters. The molecule has 0 amide bonds. The first kappa shape index (κ1) is 8.95. The van der Waals surface area contributed by atoms with E-state index in [4.69, 9.17) is 0 Å². The molecule has 0 spiro atoms. The van der Waals surface area contributed by atoms with Crippen molar-refractivity contribution in [3.63, 3.8) is 0 Å². The molecule has 0 N–H and O–H groups in total. The van der Waals surface area contributed by atoms with Gasteiger partial charge in [0.1, 0.15) is 0 Å². The Morgan fingerprint density at radius 2 is 2.15 bits per heavy atom. The maximum absolute atomic E-state index is 10.8. The lowest BCUT2D eigenvalue weighted by Gasteiger charge is -2.20. The van der Waals surface area contributed by atoms with Gasteiger partial charge in [-0.25, -0.2) is 0 Å². The van der Waals surface area contributed by atoms with Gasteiger partial charge in [0.05, 0.1) is 0 Å². The summed E-state index contributed by atoms with van der Waals surface area (Å²) in [6, 6.07) is 1.39. The van der Waals surface area contributed by atoms with Crippen molar-refractivity contribution in [1.29, 1.82) is 0 Å². The van der Waals surface area contributed by atoms with Gasteiger partial charge < -0.3 is 0 Å². The second-order valence-corrected chi connectivity index (χ2v) is 4.15. The fraction of sp³-hybridized carbons (Fsp3) is 0.727. The zero-order valence-electron chi connectivity index (χ0n) is 8.20. The van der Waals surface area contributed by atoms with Gasteiger partial charge in [-0.2, -0.15) is 0 Å². The molecule has 0 aromatic rings. The van der Waals surface area contributed by atoms with Gasteiger partial charge in [0.2, 0.25) is 0 Å². The summed E-state index contributed by atoms with van der Waals surface area (Å²) in [5.41, 5.74) is 0. The number of carbonyl (C=O) groups excluding carboxylic acids is 1. The summed E-state index contributed by atoms with van der Waals surface area (Å²) in [6.07, 6.45) is 9.08. The minimum absolute atomic E-state index is 0.169. The van der Waals surface area contributed by atoms with Crippen molar-refractivity contribution in [3.8, 4) is 0 Å². The smallest absolute Gasteiger partial charge is 0.152 e. The molecule has 0 bridgehead atoms. The zero-order valence-corrected chi connectivity index (χ0v) is 8.20. The Hall–Kier alpha value is -0.630. The van der Waals surface area contributed by atoms with Crippen molar-refractivity contribution >= 4 is 5.78 Å². The summed E-state index contributed by atoms with van der Waals surface area (Å²) in [4.78, 5) is 13.3. The molecule has 1 aliphatic heterocycles. The van der Waals surface area contributed by atoms with E-state index in [1.807, 2.05) is 0 Å². The van der Waals surface area contributed by atoms with Crippen LogP contribution in [0.5, 0.6) is 0 Å². The molecule has 1 heterocycles. The SMILES string of the molecule is CC(=O)/C=C/[C@H]1CCCN1C1CC1. The molecule has 0 radical (unpaired) electrons. The maximum atomic E-state index is 10.8. The number of likely N-dealkylation sites (tertiary alicyclic amines) is 1. The highest BCUT2D eigenvalue weighted by Gasteiger charge is 2.35. The van der Waals surface area contributed by atoms with Crippen LogP contribution in [0.2, 0.25) is 0 Å². The molecule has 2 fully saturated rings. The Kier molecular flexibility index (Phi) is 2.49. The van der Waals surface area contributed by atoms with Gasteiger partial charge in [-0.15, -0.1) is 0 Å². The van der Waals surface area contributed by atoms with E-state index in [1.165, 1.54) is 32.2 Å². The minimum atomic E-state index is 0.169. The number of ketones is 1. The fourth-order valence-corrected chi connectivity index (χ4v) is 2.13. The van der Waals surface area contributed by atoms with Crippen LogP contribution in [0.4, 0.5) is 0 Å². The summed E-state index contributed by atoms with van der Waals surface area (Å²) in [5, 5.41) is 0. The monoisotopic (exact) mass is 179 g/mol. The number of carbonyl (C=O) groups is 1. The highest BCUT2D eigenvalue weighted by Crippen LogP contribution is 2.33. The quantitative estimate of drug-likeness (QED) is 0.615. The Morgan fingerprint density at radius 3 is 2.77 bits per heavy atom. The van der Waals surface area contributed by atoms with Crippen molar-refractivity contribution in [3.05, 3.63) is 12.2 Å². The Morgan fingerprint density at radius 1 is 1.38 bits per heavy atom. The fourth-order valence-electron chi connectivity index (χ4n) is 2.13. The van der Waals surface area contributed by atoms with Crippen LogP contribution in [-0.2, 0) is 4.79 Å². The highest BCUT2D eigenvalue weighted by atomic mass is 16.1. The average Bonchev–Trinajstić information content (AvgIpc) is 2.82. The van der Waals surface area contributed by atoms with E-state index in [0.717, 1.165) is 6.04 Å². The Bertz CT molecular complexity index is 230. The van der Waals surface area contributed by atoms with Gasteiger partial charge >= 0.3 is 0 Å². The maximum Gasteiger partial charge on any atom is 0.152 e. The summed E-state index contributed by atoms with van der Waals surface area (Å²) in [6.45, 7) is 2.85. The molecule has 0 aromatic carbocycles. The number of rotatable bonds is 3. The third-order valence-electron chi connectivity index (χ3n) is 2.91. The van der Waals surface area contributed by atoms with Crippen molar-refractivity contribution in [1.82, 2.24) is 4.90 Å². The molecule has 13 heavy (non-hydrogen) atoms. The van der Waals surface area contributed by atoms with Crippen molar-refractivity contribution in [2.75, 3.05) is 6.54 Å². The summed E-state index contributed by atoms with van der Waals surface area (Å²) in [5.74, 6) is 0.169. The van der Waals surface area contributed by atoms with E-state index < -0.39 is 0 Å². The van der Waals surface area contributed by atoms with Gasteiger partial charge in [0, 0.05) is 12.1 Å². The summed E-state index contributed by atoms with van der Waals surface area (Å²) >= 11 is 0. The van der Waals surface area contributed by atoms with Gasteiger partial charge in [-0.1, -0.05) is 6.08 Å². The third-order valence-corrected chi connectivity index (χ3v) is 2.91. The first-order valence-corrected chi connectivity index (χ1v) is 5.22. The van der Waals surface area contributed by atoms with Crippen LogP contribution in [0.25, 0.3) is 0 Å². The summed E-state index contributed by atoms with van der Waals surface area (Å²) in [7, 11) is 0. The van der Waals surface area contributed by atoms with Crippen LogP contribution in [0.15, 0.2) is 12.2 Å². The van der Waals surface area contributed by atoms with E-state index in [2.05, 4.69) is 11.0 Å². The van der Waals surface area contributed by atoms with Crippen LogP contribution in [0.1, 0.15) is 32.6 Å². The lowest BCUT2D eigenvalue weighted by molar-refractivity contribution is -0.112. The van der Waals surface area contributed by atoms with Gasteiger partial charge in [-0.3, -0.25) is 9.69 Å². The standard InChI is InChI=1S/C11H17NO/c1-9(13)4-5-10-3-2-8-12(10)11-6-7-11/h4-5,10-11H,2-3,6-8H2,1H3/b5-4+/t10-/m1/s1. The molecular weight excluding hydrogens is 162 g/mol. The molecule has 0 aromatic heterocycles. The van der Waals surface area contributed by atoms with Gasteiger partial charge in [-0.05, 0) is 45.2 Å². The largest absolute Gasteiger partial charge is 0.295 e. The van der Waals surface area contributed by atoms with E-state index in [1.54, 1.807) is 13.0 Å². The van der Waals surface area contributed by atoms with Crippen molar-refractivity contribution < 1.29 is 4.79 Å². The third kappa shape index (κ3) is 2.19. The van der Waals surface area contributed by atoms with E-state index >= 15 is 0 Å². The first-order valence-electron chi connectivity index (χ1n) is 5.22. The number of hydrogen-bond acceptors (Lipinski definition) is 2. The molecule has 1 saturated carbocycles. The molecule has 2 heteroatoms. The van der Waals surface area contributed by atoms with Crippen molar-refractivity contribution in [2.24, 2.45) is 0 Å². The highest BCUT2D eigenvalue weighted by molar-refractivity contribution is 5.87. The zero-order chi connectivity index (χ0) is 9.26. The number of nitrogens with zero attached hydrogens (tertiary/aromatic N) is 1. The Balaban J connectivity index is 1.93. The molecule has 1 saturated heterocycles.